The number of likely N-dealkylation sites (tertiary alicyclic amines) is 1. The highest BCUT2D eigenvalue weighted by Gasteiger charge is 2.27. The largest absolute Gasteiger partial charge is 0.360 e. The highest BCUT2D eigenvalue weighted by atomic mass is 16.5. The van der Waals surface area contributed by atoms with Crippen LogP contribution in [0, 0.1) is 12.8 Å². The van der Waals surface area contributed by atoms with Crippen LogP contribution in [0.5, 0.6) is 0 Å². The van der Waals surface area contributed by atoms with Crippen LogP contribution in [0.2, 0.25) is 0 Å². The van der Waals surface area contributed by atoms with Crippen LogP contribution in [0.1, 0.15) is 24.2 Å². The molecule has 2 aromatic heterocycles. The molecule has 1 aliphatic rings. The number of carbonyl (C=O) groups is 2. The van der Waals surface area contributed by atoms with Gasteiger partial charge in [0.15, 0.2) is 5.82 Å². The van der Waals surface area contributed by atoms with E-state index in [1.165, 1.54) is 0 Å². The average Bonchev–Trinajstić information content (AvgIpc) is 3.54. The first-order chi connectivity index (χ1) is 17.6. The second-order valence-corrected chi connectivity index (χ2v) is 8.82. The van der Waals surface area contributed by atoms with Gasteiger partial charge in [0.1, 0.15) is 5.76 Å². The number of nitrogens with zero attached hydrogens (tertiary/aromatic N) is 4. The van der Waals surface area contributed by atoms with Crippen LogP contribution in [-0.2, 0) is 9.59 Å². The molecule has 1 N–H and O–H groups in total. The molecular formula is C28H27N5O3. The van der Waals surface area contributed by atoms with Gasteiger partial charge in [0.2, 0.25) is 11.8 Å². The Labute approximate surface area is 209 Å². The van der Waals surface area contributed by atoms with E-state index in [4.69, 9.17) is 9.62 Å². The summed E-state index contributed by atoms with van der Waals surface area (Å²) in [6.45, 7) is 2.82. The van der Waals surface area contributed by atoms with Gasteiger partial charge in [-0.15, -0.1) is 0 Å². The molecule has 0 aliphatic carbocycles. The monoisotopic (exact) mass is 481 g/mol. The molecule has 8 heteroatoms. The van der Waals surface area contributed by atoms with E-state index in [9.17, 15) is 9.59 Å². The summed E-state index contributed by atoms with van der Waals surface area (Å²) in [5, 5.41) is 11.4. The number of rotatable bonds is 6. The van der Waals surface area contributed by atoms with Crippen LogP contribution in [0.4, 0.5) is 5.82 Å². The molecule has 2 aromatic carbocycles. The van der Waals surface area contributed by atoms with E-state index in [1.807, 2.05) is 77.6 Å². The van der Waals surface area contributed by atoms with Crippen molar-refractivity contribution < 1.29 is 14.1 Å². The second-order valence-electron chi connectivity index (χ2n) is 8.82. The van der Waals surface area contributed by atoms with Gasteiger partial charge in [-0.05, 0) is 38.0 Å². The van der Waals surface area contributed by atoms with Gasteiger partial charge in [0, 0.05) is 48.5 Å². The zero-order valence-corrected chi connectivity index (χ0v) is 20.0. The van der Waals surface area contributed by atoms with Crippen LogP contribution in [0.15, 0.2) is 83.5 Å². The minimum Gasteiger partial charge on any atom is -0.360 e. The van der Waals surface area contributed by atoms with E-state index in [1.54, 1.807) is 24.0 Å². The van der Waals surface area contributed by atoms with Gasteiger partial charge < -0.3 is 14.7 Å². The number of nitrogens with one attached hydrogen (secondary N) is 1. The molecular weight excluding hydrogens is 454 g/mol. The summed E-state index contributed by atoms with van der Waals surface area (Å²) in [6, 6.07) is 21.5. The molecule has 0 atom stereocenters. The summed E-state index contributed by atoms with van der Waals surface area (Å²) < 4.78 is 6.82. The van der Waals surface area contributed by atoms with Gasteiger partial charge in [-0.25, -0.2) is 4.68 Å². The summed E-state index contributed by atoms with van der Waals surface area (Å²) in [5.74, 6) is 0.731. The van der Waals surface area contributed by atoms with Crippen LogP contribution < -0.4 is 5.32 Å². The lowest BCUT2D eigenvalue weighted by atomic mass is 9.96. The third-order valence-corrected chi connectivity index (χ3v) is 6.27. The van der Waals surface area contributed by atoms with Crippen molar-refractivity contribution in [1.82, 2.24) is 19.8 Å². The van der Waals surface area contributed by atoms with Gasteiger partial charge in [-0.3, -0.25) is 9.59 Å². The van der Waals surface area contributed by atoms with Crippen molar-refractivity contribution in [2.45, 2.75) is 19.8 Å². The molecule has 0 bridgehead atoms. The summed E-state index contributed by atoms with van der Waals surface area (Å²) in [7, 11) is 0. The normalized spacial score (nSPS) is 14.3. The Balaban J connectivity index is 1.26. The first-order valence-corrected chi connectivity index (χ1v) is 12.0. The fourth-order valence-corrected chi connectivity index (χ4v) is 4.32. The minimum atomic E-state index is -0.163. The van der Waals surface area contributed by atoms with Gasteiger partial charge in [-0.1, -0.05) is 53.7 Å². The molecule has 0 saturated carbocycles. The highest BCUT2D eigenvalue weighted by molar-refractivity contribution is 5.94. The minimum absolute atomic E-state index is 0.0764. The Kier molecular flexibility index (Phi) is 6.75. The molecule has 0 unspecified atom stereocenters. The van der Waals surface area contributed by atoms with E-state index in [0.717, 1.165) is 22.5 Å². The van der Waals surface area contributed by atoms with E-state index < -0.39 is 0 Å². The lowest BCUT2D eigenvalue weighted by molar-refractivity contribution is -0.130. The molecule has 5 rings (SSSR count). The topological polar surface area (TPSA) is 93.3 Å². The van der Waals surface area contributed by atoms with Crippen LogP contribution >= 0.6 is 0 Å². The summed E-state index contributed by atoms with van der Waals surface area (Å²) in [4.78, 5) is 27.3. The van der Waals surface area contributed by atoms with E-state index in [-0.39, 0.29) is 17.7 Å². The van der Waals surface area contributed by atoms with Gasteiger partial charge in [0.05, 0.1) is 11.4 Å². The zero-order chi connectivity index (χ0) is 24.9. The van der Waals surface area contributed by atoms with Crippen molar-refractivity contribution in [3.8, 4) is 16.9 Å². The number of aryl methyl sites for hydroxylation is 1. The molecule has 4 aromatic rings. The first kappa shape index (κ1) is 23.3. The number of benzene rings is 2. The quantitative estimate of drug-likeness (QED) is 0.402. The summed E-state index contributed by atoms with van der Waals surface area (Å²) in [6.07, 6.45) is 6.55. The molecule has 0 spiro atoms. The molecule has 2 amide bonds. The standard InChI is InChI=1S/C28H27N5O3/c1-20-18-25(31-36-20)29-28(35)22-14-16-32(17-15-22)26(34)13-12-23-19-33(24-10-6-3-7-11-24)30-27(23)21-8-4-2-5-9-21/h2-13,18-19,22H,14-17H2,1H3,(H,29,31,35)/b13-12+. The lowest BCUT2D eigenvalue weighted by Gasteiger charge is -2.30. The maximum absolute atomic E-state index is 13.0. The maximum atomic E-state index is 13.0. The number of hydrogen-bond donors (Lipinski definition) is 1. The number of hydrogen-bond acceptors (Lipinski definition) is 5. The van der Waals surface area contributed by atoms with Crippen molar-refractivity contribution in [2.24, 2.45) is 5.92 Å². The van der Waals surface area contributed by atoms with Gasteiger partial charge in [0.25, 0.3) is 0 Å². The predicted molar refractivity (Wildman–Crippen MR) is 137 cm³/mol. The van der Waals surface area contributed by atoms with Crippen molar-refractivity contribution in [3.05, 3.63) is 90.3 Å². The first-order valence-electron chi connectivity index (χ1n) is 12.0. The molecule has 1 saturated heterocycles. The molecule has 0 radical (unpaired) electrons. The Morgan fingerprint density at radius 1 is 1.03 bits per heavy atom. The van der Waals surface area contributed by atoms with E-state index in [0.29, 0.717) is 37.5 Å². The van der Waals surface area contributed by atoms with Crippen LogP contribution in [-0.4, -0.2) is 44.7 Å². The number of piperidine rings is 1. The Morgan fingerprint density at radius 3 is 2.39 bits per heavy atom. The Hall–Kier alpha value is -4.46. The van der Waals surface area contributed by atoms with E-state index >= 15 is 0 Å². The molecule has 1 aliphatic heterocycles. The van der Waals surface area contributed by atoms with E-state index in [2.05, 4.69) is 10.5 Å². The van der Waals surface area contributed by atoms with Crippen LogP contribution in [0.3, 0.4) is 0 Å². The fraction of sp³-hybridized carbons (Fsp3) is 0.214. The third kappa shape index (κ3) is 5.27. The smallest absolute Gasteiger partial charge is 0.246 e. The van der Waals surface area contributed by atoms with Crippen molar-refractivity contribution >= 4 is 23.7 Å². The SMILES string of the molecule is Cc1cc(NC(=O)C2CCN(C(=O)/C=C/c3cn(-c4ccccc4)nc3-c3ccccc3)CC2)no1. The number of carbonyl (C=O) groups excluding carboxylic acids is 2. The van der Waals surface area contributed by atoms with Gasteiger partial charge in [-0.2, -0.15) is 5.10 Å². The average molecular weight is 482 g/mol. The Morgan fingerprint density at radius 2 is 1.72 bits per heavy atom. The highest BCUT2D eigenvalue weighted by Crippen LogP contribution is 2.25. The van der Waals surface area contributed by atoms with Crippen LogP contribution in [0.25, 0.3) is 23.0 Å². The molecule has 1 fully saturated rings. The van der Waals surface area contributed by atoms with Crippen molar-refractivity contribution in [1.29, 1.82) is 0 Å². The summed E-state index contributed by atoms with van der Waals surface area (Å²) in [5.41, 5.74) is 3.59. The second kappa shape index (κ2) is 10.4. The third-order valence-electron chi connectivity index (χ3n) is 6.27. The number of anilines is 1. The fourth-order valence-electron chi connectivity index (χ4n) is 4.32. The zero-order valence-electron chi connectivity index (χ0n) is 20.0. The van der Waals surface area contributed by atoms with Gasteiger partial charge >= 0.3 is 0 Å². The number of para-hydroxylation sites is 1. The predicted octanol–water partition coefficient (Wildman–Crippen LogP) is 4.73. The molecule has 3 heterocycles. The summed E-state index contributed by atoms with van der Waals surface area (Å²) >= 11 is 0. The molecule has 8 nitrogen and oxygen atoms in total. The molecule has 182 valence electrons. The number of aromatic nitrogens is 3. The number of amides is 2. The Bertz CT molecular complexity index is 1370. The van der Waals surface area contributed by atoms with Crippen molar-refractivity contribution in [3.63, 3.8) is 0 Å². The lowest BCUT2D eigenvalue weighted by Crippen LogP contribution is -2.40. The molecule has 36 heavy (non-hydrogen) atoms. The maximum Gasteiger partial charge on any atom is 0.246 e. The van der Waals surface area contributed by atoms with Crippen molar-refractivity contribution in [2.75, 3.05) is 18.4 Å².